The molecule has 0 radical (unpaired) electrons. The van der Waals surface area contributed by atoms with Crippen LogP contribution in [0.3, 0.4) is 0 Å². The number of benzene rings is 3. The molecule has 3 aromatic carbocycles. The molecule has 3 aromatic rings. The van der Waals surface area contributed by atoms with Crippen molar-refractivity contribution >= 4 is 16.6 Å². The third-order valence-electron chi connectivity index (χ3n) is 4.41. The van der Waals surface area contributed by atoms with E-state index >= 15 is 0 Å². The van der Waals surface area contributed by atoms with E-state index in [0.717, 1.165) is 16.3 Å². The van der Waals surface area contributed by atoms with Crippen molar-refractivity contribution in [1.82, 2.24) is 0 Å². The molecular formula is C21H20O3. The number of hydrogen-bond donors (Lipinski definition) is 1. The van der Waals surface area contributed by atoms with Gasteiger partial charge < -0.3 is 9.84 Å². The molecule has 1 atom stereocenters. The van der Waals surface area contributed by atoms with E-state index in [1.54, 1.807) is 6.07 Å². The predicted molar refractivity (Wildman–Crippen MR) is 96.1 cm³/mol. The normalized spacial score (nSPS) is 12.1. The summed E-state index contributed by atoms with van der Waals surface area (Å²) in [5.74, 6) is -0.0900. The number of carbonyl (C=O) groups is 1. The Labute approximate surface area is 141 Å². The van der Waals surface area contributed by atoms with Crippen molar-refractivity contribution in [1.29, 1.82) is 0 Å². The highest BCUT2D eigenvalue weighted by molar-refractivity contribution is 6.04. The second-order valence-corrected chi connectivity index (χ2v) is 6.01. The fourth-order valence-electron chi connectivity index (χ4n) is 3.03. The second kappa shape index (κ2) is 6.36. The first-order chi connectivity index (χ1) is 11.5. The highest BCUT2D eigenvalue weighted by Crippen LogP contribution is 2.41. The zero-order valence-corrected chi connectivity index (χ0v) is 14.0. The summed E-state index contributed by atoms with van der Waals surface area (Å²) in [6.45, 7) is 3.81. The average molecular weight is 320 g/mol. The number of carbonyl (C=O) groups excluding carboxylic acids is 1. The van der Waals surface area contributed by atoms with Gasteiger partial charge in [-0.05, 0) is 23.8 Å². The maximum Gasteiger partial charge on any atom is 0.170 e. The van der Waals surface area contributed by atoms with Crippen LogP contribution in [-0.2, 0) is 0 Å². The standard InChI is InChI=1S/C21H20O3/c1-13-8-10-15(11-9-13)20(22)14(2)19-17-7-5-4-6-16(17)12-18(24-3)21(19)23/h4-12,14,23H,1-3H3. The number of methoxy groups -OCH3 is 1. The van der Waals surface area contributed by atoms with E-state index in [1.165, 1.54) is 7.11 Å². The van der Waals surface area contributed by atoms with Crippen LogP contribution >= 0.6 is 0 Å². The monoisotopic (exact) mass is 320 g/mol. The third-order valence-corrected chi connectivity index (χ3v) is 4.41. The molecule has 1 N–H and O–H groups in total. The molecule has 0 amide bonds. The van der Waals surface area contributed by atoms with Gasteiger partial charge in [-0.15, -0.1) is 0 Å². The van der Waals surface area contributed by atoms with Crippen molar-refractivity contribution < 1.29 is 14.6 Å². The van der Waals surface area contributed by atoms with E-state index in [-0.39, 0.29) is 11.5 Å². The Morgan fingerprint density at radius 3 is 2.42 bits per heavy atom. The van der Waals surface area contributed by atoms with Gasteiger partial charge in [-0.3, -0.25) is 4.79 Å². The van der Waals surface area contributed by atoms with Crippen molar-refractivity contribution in [3.63, 3.8) is 0 Å². The van der Waals surface area contributed by atoms with Gasteiger partial charge in [0.2, 0.25) is 0 Å². The first-order valence-corrected chi connectivity index (χ1v) is 7.92. The van der Waals surface area contributed by atoms with Crippen LogP contribution in [0.15, 0.2) is 54.6 Å². The lowest BCUT2D eigenvalue weighted by Gasteiger charge is -2.18. The Morgan fingerprint density at radius 2 is 1.75 bits per heavy atom. The van der Waals surface area contributed by atoms with E-state index in [4.69, 9.17) is 4.74 Å². The summed E-state index contributed by atoms with van der Waals surface area (Å²) in [6, 6.07) is 17.0. The molecule has 0 aliphatic rings. The van der Waals surface area contributed by atoms with E-state index in [0.29, 0.717) is 16.9 Å². The molecule has 0 fully saturated rings. The van der Waals surface area contributed by atoms with Crippen LogP contribution in [0.2, 0.25) is 0 Å². The van der Waals surface area contributed by atoms with Gasteiger partial charge in [-0.25, -0.2) is 0 Å². The summed E-state index contributed by atoms with van der Waals surface area (Å²) in [6.07, 6.45) is 0. The number of ether oxygens (including phenoxy) is 1. The molecular weight excluding hydrogens is 300 g/mol. The van der Waals surface area contributed by atoms with Crippen LogP contribution in [0.1, 0.15) is 34.3 Å². The summed E-state index contributed by atoms with van der Waals surface area (Å²) < 4.78 is 5.28. The molecule has 0 saturated carbocycles. The molecule has 24 heavy (non-hydrogen) atoms. The average Bonchev–Trinajstić information content (AvgIpc) is 2.60. The van der Waals surface area contributed by atoms with Gasteiger partial charge in [0.05, 0.1) is 7.11 Å². The first kappa shape index (κ1) is 16.1. The van der Waals surface area contributed by atoms with Crippen LogP contribution in [0.25, 0.3) is 10.8 Å². The molecule has 0 heterocycles. The van der Waals surface area contributed by atoms with Gasteiger partial charge in [-0.1, -0.05) is 61.0 Å². The van der Waals surface area contributed by atoms with Crippen LogP contribution < -0.4 is 4.74 Å². The van der Waals surface area contributed by atoms with E-state index in [2.05, 4.69) is 0 Å². The summed E-state index contributed by atoms with van der Waals surface area (Å²) in [4.78, 5) is 12.9. The molecule has 0 spiro atoms. The lowest BCUT2D eigenvalue weighted by atomic mass is 9.87. The third kappa shape index (κ3) is 2.73. The van der Waals surface area contributed by atoms with Gasteiger partial charge in [-0.2, -0.15) is 0 Å². The number of aryl methyl sites for hydroxylation is 1. The topological polar surface area (TPSA) is 46.5 Å². The quantitative estimate of drug-likeness (QED) is 0.699. The maximum absolute atomic E-state index is 12.9. The van der Waals surface area contributed by atoms with Crippen molar-refractivity contribution in [3.8, 4) is 11.5 Å². The number of phenolic OH excluding ortho intramolecular Hbond substituents is 1. The lowest BCUT2D eigenvalue weighted by Crippen LogP contribution is -2.11. The SMILES string of the molecule is COc1cc2ccccc2c(C(C)C(=O)c2ccc(C)cc2)c1O. The molecule has 1 unspecified atom stereocenters. The molecule has 0 aliphatic carbocycles. The van der Waals surface area contributed by atoms with Crippen molar-refractivity contribution in [3.05, 3.63) is 71.3 Å². The van der Waals surface area contributed by atoms with Crippen molar-refractivity contribution in [2.24, 2.45) is 0 Å². The first-order valence-electron chi connectivity index (χ1n) is 7.92. The zero-order valence-electron chi connectivity index (χ0n) is 14.0. The molecule has 0 saturated heterocycles. The van der Waals surface area contributed by atoms with Crippen molar-refractivity contribution in [2.45, 2.75) is 19.8 Å². The number of hydrogen-bond acceptors (Lipinski definition) is 3. The minimum atomic E-state index is -0.479. The number of Topliss-reactive ketones (excluding diaryl/α,β-unsaturated/α-hetero) is 1. The minimum absolute atomic E-state index is 0.0243. The summed E-state index contributed by atoms with van der Waals surface area (Å²) in [7, 11) is 1.51. The summed E-state index contributed by atoms with van der Waals surface area (Å²) in [5.41, 5.74) is 2.35. The summed E-state index contributed by atoms with van der Waals surface area (Å²) in [5, 5.41) is 12.4. The van der Waals surface area contributed by atoms with E-state index in [1.807, 2.05) is 62.4 Å². The predicted octanol–water partition coefficient (Wildman–Crippen LogP) is 4.85. The fourth-order valence-corrected chi connectivity index (χ4v) is 3.03. The van der Waals surface area contributed by atoms with Crippen LogP contribution in [0.4, 0.5) is 0 Å². The minimum Gasteiger partial charge on any atom is -0.504 e. The number of ketones is 1. The number of aromatic hydroxyl groups is 1. The lowest BCUT2D eigenvalue weighted by molar-refractivity contribution is 0.0965. The number of fused-ring (bicyclic) bond motifs is 1. The molecule has 0 bridgehead atoms. The molecule has 122 valence electrons. The van der Waals surface area contributed by atoms with Gasteiger partial charge in [0, 0.05) is 17.0 Å². The van der Waals surface area contributed by atoms with Gasteiger partial charge in [0.25, 0.3) is 0 Å². The Hall–Kier alpha value is -2.81. The molecule has 3 rings (SSSR count). The Morgan fingerprint density at radius 1 is 1.08 bits per heavy atom. The molecule has 0 aromatic heterocycles. The van der Waals surface area contributed by atoms with E-state index in [9.17, 15) is 9.90 Å². The van der Waals surface area contributed by atoms with Crippen LogP contribution in [-0.4, -0.2) is 18.0 Å². The Bertz CT molecular complexity index is 895. The van der Waals surface area contributed by atoms with Crippen LogP contribution in [0, 0.1) is 6.92 Å². The van der Waals surface area contributed by atoms with Gasteiger partial charge >= 0.3 is 0 Å². The largest absolute Gasteiger partial charge is 0.504 e. The van der Waals surface area contributed by atoms with E-state index < -0.39 is 5.92 Å². The van der Waals surface area contributed by atoms with Crippen LogP contribution in [0.5, 0.6) is 11.5 Å². The van der Waals surface area contributed by atoms with Crippen molar-refractivity contribution in [2.75, 3.05) is 7.11 Å². The number of rotatable bonds is 4. The highest BCUT2D eigenvalue weighted by Gasteiger charge is 2.24. The molecule has 3 nitrogen and oxygen atoms in total. The number of phenols is 1. The zero-order chi connectivity index (χ0) is 17.3. The molecule has 3 heteroatoms. The maximum atomic E-state index is 12.9. The highest BCUT2D eigenvalue weighted by atomic mass is 16.5. The summed E-state index contributed by atoms with van der Waals surface area (Å²) >= 11 is 0. The fraction of sp³-hybridized carbons (Fsp3) is 0.190. The van der Waals surface area contributed by atoms with Gasteiger partial charge in [0.15, 0.2) is 17.3 Å². The smallest absolute Gasteiger partial charge is 0.170 e. The van der Waals surface area contributed by atoms with Gasteiger partial charge in [0.1, 0.15) is 0 Å². The Kier molecular flexibility index (Phi) is 4.26. The second-order valence-electron chi connectivity index (χ2n) is 6.01. The Balaban J connectivity index is 2.15. The molecule has 0 aliphatic heterocycles.